The largest absolute Gasteiger partial charge is 0.318 e. The molecule has 1 aliphatic heterocycles. The van der Waals surface area contributed by atoms with Crippen molar-refractivity contribution in [1.82, 2.24) is 4.90 Å². The van der Waals surface area contributed by atoms with Crippen molar-refractivity contribution in [3.63, 3.8) is 0 Å². The van der Waals surface area contributed by atoms with Gasteiger partial charge in [-0.3, -0.25) is 4.79 Å². The number of rotatable bonds is 2. The van der Waals surface area contributed by atoms with Gasteiger partial charge < -0.3 is 4.90 Å². The Balaban J connectivity index is 2.23. The van der Waals surface area contributed by atoms with Crippen molar-refractivity contribution in [2.75, 3.05) is 12.8 Å². The zero-order valence-corrected chi connectivity index (χ0v) is 9.12. The molecule has 0 saturated carbocycles. The molecule has 3 nitrogen and oxygen atoms in total. The normalized spacial score (nSPS) is 18.4. The predicted molar refractivity (Wildman–Crippen MR) is 58.7 cm³/mol. The van der Waals surface area contributed by atoms with Crippen LogP contribution in [0.25, 0.3) is 0 Å². The van der Waals surface area contributed by atoms with Gasteiger partial charge in [-0.05, 0) is 18.4 Å². The first kappa shape index (κ1) is 10.1. The molecule has 1 heterocycles. The number of thioether (sulfide) groups is 1. The number of hydrogen-bond acceptors (Lipinski definition) is 3. The highest BCUT2D eigenvalue weighted by molar-refractivity contribution is 7.98. The minimum atomic E-state index is -0.215. The van der Waals surface area contributed by atoms with Crippen molar-refractivity contribution in [1.29, 1.82) is 5.26 Å². The second-order valence-electron chi connectivity index (χ2n) is 3.30. The van der Waals surface area contributed by atoms with Crippen LogP contribution in [0.2, 0.25) is 0 Å². The van der Waals surface area contributed by atoms with Gasteiger partial charge in [-0.2, -0.15) is 5.26 Å². The highest BCUT2D eigenvalue weighted by Crippen LogP contribution is 2.26. The van der Waals surface area contributed by atoms with E-state index in [2.05, 4.69) is 6.07 Å². The van der Waals surface area contributed by atoms with Crippen LogP contribution in [0.15, 0.2) is 29.2 Å². The number of nitrogens with zero attached hydrogens (tertiary/aromatic N) is 2. The molecule has 1 fully saturated rings. The molecule has 0 radical (unpaired) electrons. The number of carbonyl (C=O) groups excluding carboxylic acids is 1. The summed E-state index contributed by atoms with van der Waals surface area (Å²) >= 11 is 1.55. The van der Waals surface area contributed by atoms with Gasteiger partial charge in [0.1, 0.15) is 6.04 Å². The van der Waals surface area contributed by atoms with Crippen LogP contribution in [0.3, 0.4) is 0 Å². The van der Waals surface area contributed by atoms with Crippen LogP contribution < -0.4 is 0 Å². The predicted octanol–water partition coefficient (Wildman–Crippen LogP) is 1.76. The molecule has 1 aromatic carbocycles. The van der Waals surface area contributed by atoms with Gasteiger partial charge in [0.15, 0.2) is 0 Å². The maximum Gasteiger partial charge on any atom is 0.256 e. The minimum Gasteiger partial charge on any atom is -0.318 e. The lowest BCUT2D eigenvalue weighted by atomic mass is 10.2. The van der Waals surface area contributed by atoms with E-state index >= 15 is 0 Å². The minimum absolute atomic E-state index is 0.0356. The number of benzene rings is 1. The van der Waals surface area contributed by atoms with Crippen molar-refractivity contribution < 1.29 is 4.79 Å². The number of amides is 1. The average Bonchev–Trinajstić information content (AvgIpc) is 3.07. The first-order valence-electron chi connectivity index (χ1n) is 4.61. The SMILES string of the molecule is CSc1ccccc1C(=O)N1CC1C#N. The van der Waals surface area contributed by atoms with Gasteiger partial charge >= 0.3 is 0 Å². The Morgan fingerprint density at radius 2 is 2.33 bits per heavy atom. The fraction of sp³-hybridized carbons (Fsp3) is 0.273. The molecule has 1 unspecified atom stereocenters. The molecule has 0 N–H and O–H groups in total. The third-order valence-corrected chi connectivity index (χ3v) is 3.16. The standard InChI is InChI=1S/C11H10N2OS/c1-15-10-5-3-2-4-9(10)11(14)13-7-8(13)6-12/h2-5,8H,7H2,1H3. The van der Waals surface area contributed by atoms with E-state index in [0.717, 1.165) is 4.90 Å². The molecular weight excluding hydrogens is 208 g/mol. The Hall–Kier alpha value is -1.47. The Morgan fingerprint density at radius 1 is 1.60 bits per heavy atom. The summed E-state index contributed by atoms with van der Waals surface area (Å²) in [6.07, 6.45) is 1.94. The van der Waals surface area contributed by atoms with Crippen molar-refractivity contribution in [3.05, 3.63) is 29.8 Å². The van der Waals surface area contributed by atoms with Crippen LogP contribution in [0.4, 0.5) is 0 Å². The van der Waals surface area contributed by atoms with Crippen LogP contribution in [0, 0.1) is 11.3 Å². The maximum atomic E-state index is 11.9. The fourth-order valence-corrected chi connectivity index (χ4v) is 2.04. The van der Waals surface area contributed by atoms with E-state index in [1.54, 1.807) is 22.7 Å². The Kier molecular flexibility index (Phi) is 2.65. The number of carbonyl (C=O) groups is 1. The molecule has 2 rings (SSSR count). The number of nitriles is 1. The highest BCUT2D eigenvalue weighted by Gasteiger charge is 2.39. The maximum absolute atomic E-state index is 11.9. The lowest BCUT2D eigenvalue weighted by Crippen LogP contribution is -2.13. The van der Waals surface area contributed by atoms with Crippen molar-refractivity contribution in [3.8, 4) is 6.07 Å². The molecule has 76 valence electrons. The summed E-state index contributed by atoms with van der Waals surface area (Å²) in [4.78, 5) is 14.5. The van der Waals surface area contributed by atoms with E-state index in [-0.39, 0.29) is 11.9 Å². The third-order valence-electron chi connectivity index (χ3n) is 2.36. The first-order valence-corrected chi connectivity index (χ1v) is 5.84. The lowest BCUT2D eigenvalue weighted by molar-refractivity contribution is 0.0876. The van der Waals surface area contributed by atoms with E-state index in [9.17, 15) is 4.79 Å². The topological polar surface area (TPSA) is 43.9 Å². The summed E-state index contributed by atoms with van der Waals surface area (Å²) < 4.78 is 0. The molecule has 0 aromatic heterocycles. The van der Waals surface area contributed by atoms with Crippen LogP contribution in [-0.4, -0.2) is 29.6 Å². The second-order valence-corrected chi connectivity index (χ2v) is 4.15. The van der Waals surface area contributed by atoms with Crippen molar-refractivity contribution in [2.24, 2.45) is 0 Å². The van der Waals surface area contributed by atoms with Gasteiger partial charge in [0.25, 0.3) is 5.91 Å². The molecular formula is C11H10N2OS. The van der Waals surface area contributed by atoms with Crippen LogP contribution in [0.5, 0.6) is 0 Å². The van der Waals surface area contributed by atoms with Gasteiger partial charge in [-0.25, -0.2) is 0 Å². The quantitative estimate of drug-likeness (QED) is 0.561. The highest BCUT2D eigenvalue weighted by atomic mass is 32.2. The van der Waals surface area contributed by atoms with Crippen molar-refractivity contribution >= 4 is 17.7 Å². The molecule has 1 amide bonds. The van der Waals surface area contributed by atoms with E-state index in [0.29, 0.717) is 12.1 Å². The van der Waals surface area contributed by atoms with E-state index < -0.39 is 0 Å². The Bertz CT molecular complexity index is 438. The molecule has 4 heteroatoms. The summed E-state index contributed by atoms with van der Waals surface area (Å²) in [6, 6.07) is 9.34. The van der Waals surface area contributed by atoms with Gasteiger partial charge in [0.2, 0.25) is 0 Å². The van der Waals surface area contributed by atoms with Crippen LogP contribution >= 0.6 is 11.8 Å². The smallest absolute Gasteiger partial charge is 0.256 e. The molecule has 1 atom stereocenters. The Morgan fingerprint density at radius 3 is 2.93 bits per heavy atom. The monoisotopic (exact) mass is 218 g/mol. The number of hydrogen-bond donors (Lipinski definition) is 0. The molecule has 0 bridgehead atoms. The van der Waals surface area contributed by atoms with E-state index in [1.165, 1.54) is 0 Å². The summed E-state index contributed by atoms with van der Waals surface area (Å²) in [5.74, 6) is -0.0356. The van der Waals surface area contributed by atoms with Gasteiger partial charge in [-0.15, -0.1) is 11.8 Å². The average molecular weight is 218 g/mol. The summed E-state index contributed by atoms with van der Waals surface area (Å²) in [5, 5.41) is 8.65. The first-order chi connectivity index (χ1) is 7.27. The van der Waals surface area contributed by atoms with E-state index in [1.807, 2.05) is 24.5 Å². The van der Waals surface area contributed by atoms with Crippen LogP contribution in [-0.2, 0) is 0 Å². The zero-order valence-electron chi connectivity index (χ0n) is 8.30. The van der Waals surface area contributed by atoms with Crippen molar-refractivity contribution in [2.45, 2.75) is 10.9 Å². The van der Waals surface area contributed by atoms with E-state index in [4.69, 9.17) is 5.26 Å². The fourth-order valence-electron chi connectivity index (χ4n) is 1.45. The van der Waals surface area contributed by atoms with Gasteiger partial charge in [0, 0.05) is 4.90 Å². The third kappa shape index (κ3) is 1.83. The summed E-state index contributed by atoms with van der Waals surface area (Å²) in [7, 11) is 0. The molecule has 1 aromatic rings. The Labute approximate surface area is 92.7 Å². The molecule has 1 aliphatic rings. The zero-order chi connectivity index (χ0) is 10.8. The summed E-state index contributed by atoms with van der Waals surface area (Å²) in [6.45, 7) is 0.568. The van der Waals surface area contributed by atoms with Gasteiger partial charge in [-0.1, -0.05) is 12.1 Å². The summed E-state index contributed by atoms with van der Waals surface area (Å²) in [5.41, 5.74) is 0.697. The lowest BCUT2D eigenvalue weighted by Gasteiger charge is -2.06. The van der Waals surface area contributed by atoms with Crippen LogP contribution in [0.1, 0.15) is 10.4 Å². The second kappa shape index (κ2) is 3.95. The molecule has 1 saturated heterocycles. The molecule has 15 heavy (non-hydrogen) atoms. The van der Waals surface area contributed by atoms with Gasteiger partial charge in [0.05, 0.1) is 18.2 Å². The molecule has 0 spiro atoms. The molecule has 0 aliphatic carbocycles.